The molecule has 1 aromatic heterocycles. The standard InChI is InChI=1S/C18H20N4O3.ClH/c23-18(17-12-9-19-6-5-13(12)20-21-17)22-7-1-2-14(22)11-3-4-15-16(8-11)25-10-24-15;/h3-4,8,14,19H,1-2,5-7,9-10H2,(H,20,21);1H. The Morgan fingerprint density at radius 2 is 2.15 bits per heavy atom. The molecule has 7 nitrogen and oxygen atoms in total. The molecule has 26 heavy (non-hydrogen) atoms. The summed E-state index contributed by atoms with van der Waals surface area (Å²) in [5, 5.41) is 10.7. The number of likely N-dealkylation sites (tertiary alicyclic amines) is 1. The number of aromatic nitrogens is 2. The summed E-state index contributed by atoms with van der Waals surface area (Å²) in [4.78, 5) is 15.1. The van der Waals surface area contributed by atoms with Gasteiger partial charge in [0.2, 0.25) is 6.79 Å². The maximum atomic E-state index is 13.2. The quantitative estimate of drug-likeness (QED) is 0.839. The van der Waals surface area contributed by atoms with Crippen molar-refractivity contribution in [3.8, 4) is 11.5 Å². The molecule has 0 radical (unpaired) electrons. The summed E-state index contributed by atoms with van der Waals surface area (Å²) in [6.45, 7) is 2.65. The third kappa shape index (κ3) is 2.71. The summed E-state index contributed by atoms with van der Waals surface area (Å²) >= 11 is 0. The van der Waals surface area contributed by atoms with Crippen LogP contribution in [0.1, 0.15) is 46.2 Å². The highest BCUT2D eigenvalue weighted by Crippen LogP contribution is 2.39. The molecule has 1 aromatic carbocycles. The van der Waals surface area contributed by atoms with E-state index in [1.54, 1.807) is 0 Å². The lowest BCUT2D eigenvalue weighted by Crippen LogP contribution is -2.32. The summed E-state index contributed by atoms with van der Waals surface area (Å²) in [6, 6.07) is 6.02. The highest BCUT2D eigenvalue weighted by Gasteiger charge is 2.34. The van der Waals surface area contributed by atoms with E-state index in [0.29, 0.717) is 12.2 Å². The molecule has 2 N–H and O–H groups in total. The van der Waals surface area contributed by atoms with Crippen molar-refractivity contribution in [1.82, 2.24) is 20.4 Å². The molecular formula is C18H21ClN4O3. The monoisotopic (exact) mass is 376 g/mol. The lowest BCUT2D eigenvalue weighted by atomic mass is 10.0. The molecule has 3 aliphatic rings. The number of hydrogen-bond acceptors (Lipinski definition) is 5. The van der Waals surface area contributed by atoms with Crippen LogP contribution in [-0.2, 0) is 13.0 Å². The van der Waals surface area contributed by atoms with Gasteiger partial charge in [-0.2, -0.15) is 5.10 Å². The number of carbonyl (C=O) groups excluding carboxylic acids is 1. The normalized spacial score (nSPS) is 20.6. The van der Waals surface area contributed by atoms with Gasteiger partial charge < -0.3 is 19.7 Å². The van der Waals surface area contributed by atoms with Gasteiger partial charge in [-0.3, -0.25) is 9.89 Å². The number of nitrogens with one attached hydrogen (secondary N) is 2. The van der Waals surface area contributed by atoms with Gasteiger partial charge in [0.05, 0.1) is 6.04 Å². The second-order valence-corrected chi connectivity index (χ2v) is 6.73. The van der Waals surface area contributed by atoms with Crippen molar-refractivity contribution < 1.29 is 14.3 Å². The molecule has 0 aliphatic carbocycles. The van der Waals surface area contributed by atoms with Gasteiger partial charge >= 0.3 is 0 Å². The largest absolute Gasteiger partial charge is 0.454 e. The lowest BCUT2D eigenvalue weighted by molar-refractivity contribution is 0.0728. The van der Waals surface area contributed by atoms with Crippen LogP contribution in [-0.4, -0.2) is 40.9 Å². The summed E-state index contributed by atoms with van der Waals surface area (Å²) < 4.78 is 10.9. The van der Waals surface area contributed by atoms with Crippen molar-refractivity contribution >= 4 is 18.3 Å². The van der Waals surface area contributed by atoms with Crippen LogP contribution >= 0.6 is 12.4 Å². The molecule has 1 amide bonds. The zero-order chi connectivity index (χ0) is 16.8. The van der Waals surface area contributed by atoms with Crippen LogP contribution in [0.3, 0.4) is 0 Å². The van der Waals surface area contributed by atoms with Crippen molar-refractivity contribution in [2.45, 2.75) is 31.8 Å². The summed E-state index contributed by atoms with van der Waals surface area (Å²) in [5.41, 5.74) is 3.76. The first-order valence-electron chi connectivity index (χ1n) is 8.78. The number of aromatic amines is 1. The topological polar surface area (TPSA) is 79.5 Å². The molecule has 8 heteroatoms. The maximum Gasteiger partial charge on any atom is 0.275 e. The minimum atomic E-state index is 0. The van der Waals surface area contributed by atoms with E-state index in [4.69, 9.17) is 9.47 Å². The number of H-pyrrole nitrogens is 1. The lowest BCUT2D eigenvalue weighted by Gasteiger charge is -2.25. The molecule has 1 unspecified atom stereocenters. The minimum Gasteiger partial charge on any atom is -0.454 e. The fraction of sp³-hybridized carbons (Fsp3) is 0.444. The number of carbonyl (C=O) groups is 1. The molecule has 0 bridgehead atoms. The first-order valence-corrected chi connectivity index (χ1v) is 8.78. The molecule has 5 rings (SSSR count). The van der Waals surface area contributed by atoms with Crippen molar-refractivity contribution in [3.63, 3.8) is 0 Å². The van der Waals surface area contributed by atoms with Crippen LogP contribution in [0.4, 0.5) is 0 Å². The van der Waals surface area contributed by atoms with Gasteiger partial charge in [0, 0.05) is 37.3 Å². The van der Waals surface area contributed by atoms with Gasteiger partial charge in [-0.25, -0.2) is 0 Å². The van der Waals surface area contributed by atoms with Gasteiger partial charge in [0.15, 0.2) is 17.2 Å². The average molecular weight is 377 g/mol. The van der Waals surface area contributed by atoms with Crippen LogP contribution in [0.25, 0.3) is 0 Å². The molecule has 1 atom stereocenters. The Morgan fingerprint density at radius 1 is 1.27 bits per heavy atom. The molecular weight excluding hydrogens is 356 g/mol. The number of ether oxygens (including phenoxy) is 2. The third-order valence-corrected chi connectivity index (χ3v) is 5.30. The summed E-state index contributed by atoms with van der Waals surface area (Å²) in [5.74, 6) is 1.55. The summed E-state index contributed by atoms with van der Waals surface area (Å²) in [7, 11) is 0. The zero-order valence-corrected chi connectivity index (χ0v) is 15.1. The molecule has 3 aliphatic heterocycles. The van der Waals surface area contributed by atoms with Crippen molar-refractivity contribution in [3.05, 3.63) is 40.7 Å². The number of hydrogen-bond donors (Lipinski definition) is 2. The van der Waals surface area contributed by atoms with E-state index in [1.807, 2.05) is 23.1 Å². The predicted octanol–water partition coefficient (Wildman–Crippen LogP) is 2.18. The van der Waals surface area contributed by atoms with E-state index in [-0.39, 0.29) is 31.1 Å². The fourth-order valence-electron chi connectivity index (χ4n) is 4.01. The number of fused-ring (bicyclic) bond motifs is 2. The highest BCUT2D eigenvalue weighted by molar-refractivity contribution is 5.94. The van der Waals surface area contributed by atoms with Crippen LogP contribution in [0.2, 0.25) is 0 Å². The fourth-order valence-corrected chi connectivity index (χ4v) is 4.01. The first kappa shape index (κ1) is 17.2. The molecule has 1 saturated heterocycles. The molecule has 1 fully saturated rings. The maximum absolute atomic E-state index is 13.2. The van der Waals surface area contributed by atoms with Crippen molar-refractivity contribution in [1.29, 1.82) is 0 Å². The number of halogens is 1. The summed E-state index contributed by atoms with van der Waals surface area (Å²) in [6.07, 6.45) is 2.84. The Labute approximate surface area is 157 Å². The number of benzene rings is 1. The van der Waals surface area contributed by atoms with E-state index in [1.165, 1.54) is 0 Å². The highest BCUT2D eigenvalue weighted by atomic mass is 35.5. The minimum absolute atomic E-state index is 0. The Morgan fingerprint density at radius 3 is 3.08 bits per heavy atom. The molecule has 0 saturated carbocycles. The Hall–Kier alpha value is -2.25. The SMILES string of the molecule is Cl.O=C(c1n[nH]c2c1CNCC2)N1CCCC1c1ccc2c(c1)OCO2. The molecule has 4 heterocycles. The zero-order valence-electron chi connectivity index (χ0n) is 14.3. The van der Waals surface area contributed by atoms with Gasteiger partial charge in [-0.1, -0.05) is 6.07 Å². The molecule has 0 spiro atoms. The Balaban J connectivity index is 0.00000168. The van der Waals surface area contributed by atoms with Gasteiger partial charge in [-0.05, 0) is 30.5 Å². The van der Waals surface area contributed by atoms with Gasteiger partial charge in [0.1, 0.15) is 0 Å². The Kier molecular flexibility index (Phi) is 4.50. The predicted molar refractivity (Wildman–Crippen MR) is 96.8 cm³/mol. The van der Waals surface area contributed by atoms with Crippen LogP contribution in [0, 0.1) is 0 Å². The molecule has 138 valence electrons. The smallest absolute Gasteiger partial charge is 0.275 e. The third-order valence-electron chi connectivity index (χ3n) is 5.30. The van der Waals surface area contributed by atoms with Crippen molar-refractivity contribution in [2.24, 2.45) is 0 Å². The average Bonchev–Trinajstić information content (AvgIpc) is 3.38. The van der Waals surface area contributed by atoms with Crippen LogP contribution < -0.4 is 14.8 Å². The second-order valence-electron chi connectivity index (χ2n) is 6.73. The molecule has 2 aromatic rings. The van der Waals surface area contributed by atoms with E-state index in [0.717, 1.165) is 60.7 Å². The second kappa shape index (κ2) is 6.81. The van der Waals surface area contributed by atoms with Crippen LogP contribution in [0.15, 0.2) is 18.2 Å². The van der Waals surface area contributed by atoms with E-state index >= 15 is 0 Å². The Bertz CT molecular complexity index is 838. The van der Waals surface area contributed by atoms with Crippen molar-refractivity contribution in [2.75, 3.05) is 19.9 Å². The van der Waals surface area contributed by atoms with E-state index < -0.39 is 0 Å². The first-order chi connectivity index (χ1) is 12.3. The number of nitrogens with zero attached hydrogens (tertiary/aromatic N) is 2. The van der Waals surface area contributed by atoms with Crippen LogP contribution in [0.5, 0.6) is 11.5 Å². The van der Waals surface area contributed by atoms with Gasteiger partial charge in [0.25, 0.3) is 5.91 Å². The van der Waals surface area contributed by atoms with Gasteiger partial charge in [-0.15, -0.1) is 12.4 Å². The van der Waals surface area contributed by atoms with E-state index in [2.05, 4.69) is 15.5 Å². The number of rotatable bonds is 2. The number of amides is 1. The van der Waals surface area contributed by atoms with E-state index in [9.17, 15) is 4.79 Å².